The van der Waals surface area contributed by atoms with E-state index in [1.54, 1.807) is 0 Å². The van der Waals surface area contributed by atoms with Crippen molar-refractivity contribution in [2.45, 2.75) is 38.8 Å². The summed E-state index contributed by atoms with van der Waals surface area (Å²) in [7, 11) is 0. The van der Waals surface area contributed by atoms with E-state index < -0.39 is 11.9 Å². The predicted molar refractivity (Wildman–Crippen MR) is 75.0 cm³/mol. The number of amides is 1. The molecule has 0 aliphatic heterocycles. The number of aromatic nitrogens is 2. The fourth-order valence-corrected chi connectivity index (χ4v) is 2.36. The molecule has 0 saturated carbocycles. The van der Waals surface area contributed by atoms with Gasteiger partial charge in [0, 0.05) is 24.6 Å². The molecule has 0 saturated heterocycles. The lowest BCUT2D eigenvalue weighted by atomic mass is 9.94. The monoisotopic (exact) mass is 313 g/mol. The Balaban J connectivity index is 1.90. The van der Waals surface area contributed by atoms with Crippen molar-refractivity contribution in [1.29, 1.82) is 0 Å². The first-order chi connectivity index (χ1) is 10.4. The van der Waals surface area contributed by atoms with Crippen molar-refractivity contribution < 1.29 is 18.0 Å². The van der Waals surface area contributed by atoms with E-state index >= 15 is 0 Å². The van der Waals surface area contributed by atoms with Crippen molar-refractivity contribution in [1.82, 2.24) is 15.3 Å². The number of aryl methyl sites for hydroxylation is 1. The van der Waals surface area contributed by atoms with Crippen molar-refractivity contribution in [3.63, 3.8) is 0 Å². The van der Waals surface area contributed by atoms with Gasteiger partial charge >= 0.3 is 6.18 Å². The highest BCUT2D eigenvalue weighted by atomic mass is 19.4. The molecule has 0 fully saturated rings. The first-order valence-corrected chi connectivity index (χ1v) is 7.20. The van der Waals surface area contributed by atoms with Gasteiger partial charge in [0.1, 0.15) is 11.5 Å². The molecular weight excluding hydrogens is 295 g/mol. The number of nitrogens with one attached hydrogen (secondary N) is 1. The standard InChI is InChI=1S/C15H18F3N3O/c1-10-9-12(15(16,17)18)21-13(20-10)7-8-19-14(22)11-5-3-2-4-6-11/h2-3,9,11H,4-8H2,1H3,(H,19,22)/t11-/m1/s1. The molecule has 1 amide bonds. The minimum atomic E-state index is -4.49. The molecule has 0 unspecified atom stereocenters. The summed E-state index contributed by atoms with van der Waals surface area (Å²) in [5, 5.41) is 2.74. The Bertz CT molecular complexity index is 570. The molecular formula is C15H18F3N3O. The fraction of sp³-hybridized carbons (Fsp3) is 0.533. The minimum absolute atomic E-state index is 0.0471. The van der Waals surface area contributed by atoms with Crippen LogP contribution in [0.2, 0.25) is 0 Å². The smallest absolute Gasteiger partial charge is 0.355 e. The second-order valence-electron chi connectivity index (χ2n) is 5.33. The van der Waals surface area contributed by atoms with Gasteiger partial charge in [-0.15, -0.1) is 0 Å². The molecule has 1 aliphatic rings. The Morgan fingerprint density at radius 3 is 2.77 bits per heavy atom. The Morgan fingerprint density at radius 2 is 2.14 bits per heavy atom. The summed E-state index contributed by atoms with van der Waals surface area (Å²) < 4.78 is 38.0. The van der Waals surface area contributed by atoms with Gasteiger partial charge < -0.3 is 5.32 Å². The van der Waals surface area contributed by atoms with Gasteiger partial charge in [-0.05, 0) is 32.3 Å². The number of halogens is 3. The van der Waals surface area contributed by atoms with Crippen LogP contribution in [0.15, 0.2) is 18.2 Å². The molecule has 1 aliphatic carbocycles. The van der Waals surface area contributed by atoms with Crippen LogP contribution < -0.4 is 5.32 Å². The molecule has 1 heterocycles. The summed E-state index contributed by atoms with van der Waals surface area (Å²) >= 11 is 0. The maximum Gasteiger partial charge on any atom is 0.433 e. The normalized spacial score (nSPS) is 18.3. The number of carbonyl (C=O) groups excluding carboxylic acids is 1. The van der Waals surface area contributed by atoms with Crippen LogP contribution in [0.3, 0.4) is 0 Å². The van der Waals surface area contributed by atoms with Crippen molar-refractivity contribution >= 4 is 5.91 Å². The van der Waals surface area contributed by atoms with Crippen LogP contribution in [0, 0.1) is 12.8 Å². The van der Waals surface area contributed by atoms with Crippen LogP contribution in [-0.4, -0.2) is 22.4 Å². The molecule has 0 aromatic carbocycles. The average molecular weight is 313 g/mol. The Labute approximate surface area is 126 Å². The van der Waals surface area contributed by atoms with Crippen LogP contribution in [0.25, 0.3) is 0 Å². The Morgan fingerprint density at radius 1 is 1.36 bits per heavy atom. The highest BCUT2D eigenvalue weighted by molar-refractivity contribution is 5.78. The van der Waals surface area contributed by atoms with E-state index in [-0.39, 0.29) is 36.3 Å². The first-order valence-electron chi connectivity index (χ1n) is 7.20. The van der Waals surface area contributed by atoms with Crippen molar-refractivity contribution in [3.05, 3.63) is 35.4 Å². The molecule has 1 aromatic rings. The molecule has 1 atom stereocenters. The second kappa shape index (κ2) is 6.89. The molecule has 7 heteroatoms. The molecule has 22 heavy (non-hydrogen) atoms. The van der Waals surface area contributed by atoms with E-state index in [4.69, 9.17) is 0 Å². The van der Waals surface area contributed by atoms with Gasteiger partial charge in [0.05, 0.1) is 0 Å². The topological polar surface area (TPSA) is 54.9 Å². The summed E-state index contributed by atoms with van der Waals surface area (Å²) in [6.07, 6.45) is 2.12. The van der Waals surface area contributed by atoms with E-state index in [1.807, 2.05) is 12.2 Å². The molecule has 2 rings (SSSR count). The van der Waals surface area contributed by atoms with Crippen molar-refractivity contribution in [3.8, 4) is 0 Å². The SMILES string of the molecule is Cc1cc(C(F)(F)F)nc(CCNC(=O)[C@@H]2CC=CCC2)n1. The lowest BCUT2D eigenvalue weighted by Gasteiger charge is -2.17. The van der Waals surface area contributed by atoms with E-state index in [0.717, 1.165) is 18.9 Å². The van der Waals surface area contributed by atoms with E-state index in [1.165, 1.54) is 6.92 Å². The van der Waals surface area contributed by atoms with Gasteiger partial charge in [-0.2, -0.15) is 13.2 Å². The van der Waals surface area contributed by atoms with Gasteiger partial charge in [-0.3, -0.25) is 4.79 Å². The Kier molecular flexibility index (Phi) is 5.15. The van der Waals surface area contributed by atoms with Crippen LogP contribution in [0.1, 0.15) is 36.5 Å². The number of nitrogens with zero attached hydrogens (tertiary/aromatic N) is 2. The summed E-state index contributed by atoms with van der Waals surface area (Å²) in [6.45, 7) is 1.73. The first kappa shape index (κ1) is 16.5. The molecule has 4 nitrogen and oxygen atoms in total. The minimum Gasteiger partial charge on any atom is -0.355 e. The van der Waals surface area contributed by atoms with Crippen molar-refractivity contribution in [2.75, 3.05) is 6.54 Å². The van der Waals surface area contributed by atoms with Crippen molar-refractivity contribution in [2.24, 2.45) is 5.92 Å². The average Bonchev–Trinajstić information content (AvgIpc) is 2.46. The summed E-state index contributed by atoms with van der Waals surface area (Å²) in [6, 6.07) is 0.913. The zero-order valence-electron chi connectivity index (χ0n) is 12.3. The quantitative estimate of drug-likeness (QED) is 0.870. The van der Waals surface area contributed by atoms with Crippen LogP contribution >= 0.6 is 0 Å². The number of rotatable bonds is 4. The predicted octanol–water partition coefficient (Wildman–Crippen LogP) is 2.82. The maximum atomic E-state index is 12.7. The molecule has 0 spiro atoms. The zero-order chi connectivity index (χ0) is 16.2. The highest BCUT2D eigenvalue weighted by Gasteiger charge is 2.33. The van der Waals surface area contributed by atoms with Crippen LogP contribution in [0.5, 0.6) is 0 Å². The summed E-state index contributed by atoms with van der Waals surface area (Å²) in [4.78, 5) is 19.4. The molecule has 0 radical (unpaired) electrons. The third kappa shape index (κ3) is 4.54. The fourth-order valence-electron chi connectivity index (χ4n) is 2.36. The van der Waals surface area contributed by atoms with Gasteiger partial charge in [-0.25, -0.2) is 9.97 Å². The number of carbonyl (C=O) groups is 1. The maximum absolute atomic E-state index is 12.7. The van der Waals surface area contributed by atoms with Crippen LogP contribution in [0.4, 0.5) is 13.2 Å². The van der Waals surface area contributed by atoms with Gasteiger partial charge in [0.15, 0.2) is 0 Å². The molecule has 120 valence electrons. The van der Waals surface area contributed by atoms with E-state index in [0.29, 0.717) is 6.42 Å². The van der Waals surface area contributed by atoms with Gasteiger partial charge in [-0.1, -0.05) is 12.2 Å². The second-order valence-corrected chi connectivity index (χ2v) is 5.33. The number of hydrogen-bond acceptors (Lipinski definition) is 3. The third-order valence-electron chi connectivity index (χ3n) is 3.48. The van der Waals surface area contributed by atoms with E-state index in [9.17, 15) is 18.0 Å². The molecule has 1 aromatic heterocycles. The summed E-state index contributed by atoms with van der Waals surface area (Å²) in [5.74, 6) is -0.0154. The Hall–Kier alpha value is -1.92. The third-order valence-corrected chi connectivity index (χ3v) is 3.48. The number of allylic oxidation sites excluding steroid dienone is 2. The molecule has 1 N–H and O–H groups in total. The van der Waals surface area contributed by atoms with Gasteiger partial charge in [0.2, 0.25) is 5.91 Å². The highest BCUT2D eigenvalue weighted by Crippen LogP contribution is 2.27. The van der Waals surface area contributed by atoms with Gasteiger partial charge in [0.25, 0.3) is 0 Å². The largest absolute Gasteiger partial charge is 0.433 e. The lowest BCUT2D eigenvalue weighted by molar-refractivity contribution is -0.141. The zero-order valence-corrected chi connectivity index (χ0v) is 12.3. The van der Waals surface area contributed by atoms with E-state index in [2.05, 4.69) is 15.3 Å². The molecule has 0 bridgehead atoms. The number of alkyl halides is 3. The van der Waals surface area contributed by atoms with Crippen LogP contribution in [-0.2, 0) is 17.4 Å². The summed E-state index contributed by atoms with van der Waals surface area (Å²) in [5.41, 5.74) is -0.681. The number of hydrogen-bond donors (Lipinski definition) is 1. The lowest BCUT2D eigenvalue weighted by Crippen LogP contribution is -2.33.